The van der Waals surface area contributed by atoms with Crippen molar-refractivity contribution in [3.63, 3.8) is 0 Å². The van der Waals surface area contributed by atoms with Gasteiger partial charge in [0.25, 0.3) is 0 Å². The van der Waals surface area contributed by atoms with Crippen molar-refractivity contribution < 1.29 is 29.2 Å². The fraction of sp³-hybridized carbons (Fsp3) is 0.613. The number of aromatic hydroxyl groups is 2. The minimum absolute atomic E-state index is 0.117. The molecule has 2 aromatic carbocycles. The molecule has 0 amide bonds. The van der Waals surface area contributed by atoms with E-state index in [1.165, 1.54) is 11.1 Å². The van der Waals surface area contributed by atoms with Crippen LogP contribution in [-0.2, 0) is 25.7 Å². The van der Waals surface area contributed by atoms with Crippen LogP contribution in [0, 0.1) is 0 Å². The number of fused-ring (bicyclic) bond motifs is 4. The van der Waals surface area contributed by atoms with Gasteiger partial charge in [-0.05, 0) is 84.0 Å². The number of benzene rings is 2. The Morgan fingerprint density at radius 1 is 0.622 bits per heavy atom. The van der Waals surface area contributed by atoms with Crippen LogP contribution < -0.4 is 9.47 Å². The zero-order chi connectivity index (χ0) is 26.8. The normalized spacial score (nSPS) is 18.1. The molecule has 1 spiro atoms. The van der Waals surface area contributed by atoms with Gasteiger partial charge in [0.15, 0.2) is 23.0 Å². The summed E-state index contributed by atoms with van der Waals surface area (Å²) in [6.07, 6.45) is 3.34. The first-order valence-corrected chi connectivity index (χ1v) is 13.7. The fourth-order valence-electron chi connectivity index (χ4n) is 6.54. The Hall–Kier alpha value is -2.44. The van der Waals surface area contributed by atoms with Crippen molar-refractivity contribution in [2.75, 3.05) is 39.6 Å². The predicted molar refractivity (Wildman–Crippen MR) is 145 cm³/mol. The predicted octanol–water partition coefficient (Wildman–Crippen LogP) is 6.36. The highest BCUT2D eigenvalue weighted by Crippen LogP contribution is 2.64. The monoisotopic (exact) mass is 512 g/mol. The maximum atomic E-state index is 11.0. The second-order valence-electron chi connectivity index (χ2n) is 11.7. The molecule has 0 atom stereocenters. The van der Waals surface area contributed by atoms with Crippen LogP contribution in [0.25, 0.3) is 0 Å². The van der Waals surface area contributed by atoms with Crippen molar-refractivity contribution in [2.24, 2.45) is 0 Å². The van der Waals surface area contributed by atoms with Crippen molar-refractivity contribution >= 4 is 0 Å². The summed E-state index contributed by atoms with van der Waals surface area (Å²) in [5.74, 6) is 1.38. The van der Waals surface area contributed by atoms with Crippen LogP contribution in [0.15, 0.2) is 24.3 Å². The minimum atomic E-state index is -0.298. The summed E-state index contributed by atoms with van der Waals surface area (Å²) in [6.45, 7) is 16.7. The van der Waals surface area contributed by atoms with Gasteiger partial charge in [-0.3, -0.25) is 0 Å². The van der Waals surface area contributed by atoms with E-state index < -0.39 is 0 Å². The van der Waals surface area contributed by atoms with Gasteiger partial charge in [-0.2, -0.15) is 0 Å². The third-order valence-corrected chi connectivity index (χ3v) is 7.96. The summed E-state index contributed by atoms with van der Waals surface area (Å²) in [6, 6.07) is 7.87. The molecule has 4 rings (SSSR count). The van der Waals surface area contributed by atoms with Gasteiger partial charge in [0, 0.05) is 44.7 Å². The van der Waals surface area contributed by atoms with E-state index in [0.29, 0.717) is 51.1 Å². The summed E-state index contributed by atoms with van der Waals surface area (Å²) in [5, 5.41) is 22.0. The largest absolute Gasteiger partial charge is 0.504 e. The summed E-state index contributed by atoms with van der Waals surface area (Å²) >= 11 is 0. The highest BCUT2D eigenvalue weighted by molar-refractivity contribution is 5.65. The van der Waals surface area contributed by atoms with Crippen molar-refractivity contribution in [1.82, 2.24) is 0 Å². The lowest BCUT2D eigenvalue weighted by atomic mass is 9.72. The van der Waals surface area contributed by atoms with Gasteiger partial charge in [0.1, 0.15) is 0 Å². The van der Waals surface area contributed by atoms with Crippen LogP contribution in [0.1, 0.15) is 89.5 Å². The molecule has 204 valence electrons. The van der Waals surface area contributed by atoms with Crippen LogP contribution in [0.2, 0.25) is 0 Å². The summed E-state index contributed by atoms with van der Waals surface area (Å²) < 4.78 is 22.7. The number of hydrogen-bond donors (Lipinski definition) is 2. The second-order valence-corrected chi connectivity index (χ2v) is 11.7. The highest BCUT2D eigenvalue weighted by atomic mass is 16.5. The molecule has 2 aliphatic carbocycles. The Balaban J connectivity index is 1.67. The van der Waals surface area contributed by atoms with Crippen LogP contribution >= 0.6 is 0 Å². The maximum absolute atomic E-state index is 11.0. The number of rotatable bonds is 12. The van der Waals surface area contributed by atoms with Gasteiger partial charge in [-0.1, -0.05) is 27.7 Å². The molecule has 37 heavy (non-hydrogen) atoms. The molecule has 2 N–H and O–H groups in total. The molecule has 6 heteroatoms. The second kappa shape index (κ2) is 10.7. The minimum Gasteiger partial charge on any atom is -0.504 e. The SMILES string of the molecule is CCOCCCOc1cc2c(cc1O)C1(CC2(C)C)CC(C)(C)c2cc(OCCCOCC)c(O)cc21. The maximum Gasteiger partial charge on any atom is 0.161 e. The van der Waals surface area contributed by atoms with Crippen molar-refractivity contribution in [3.8, 4) is 23.0 Å². The smallest absolute Gasteiger partial charge is 0.161 e. The average molecular weight is 513 g/mol. The molecule has 0 fully saturated rings. The summed E-state index contributed by atoms with van der Waals surface area (Å²) in [7, 11) is 0. The molecule has 2 aromatic rings. The number of ether oxygens (including phenoxy) is 4. The van der Waals surface area contributed by atoms with E-state index in [9.17, 15) is 10.2 Å². The summed E-state index contributed by atoms with van der Waals surface area (Å²) in [4.78, 5) is 0. The molecule has 0 unspecified atom stereocenters. The van der Waals surface area contributed by atoms with Crippen LogP contribution in [0.3, 0.4) is 0 Å². The Kier molecular flexibility index (Phi) is 8.01. The lowest BCUT2D eigenvalue weighted by molar-refractivity contribution is 0.130. The van der Waals surface area contributed by atoms with E-state index in [2.05, 4.69) is 27.7 Å². The fourth-order valence-corrected chi connectivity index (χ4v) is 6.54. The Labute approximate surface area is 221 Å². The molecule has 0 radical (unpaired) electrons. The lowest BCUT2D eigenvalue weighted by Crippen LogP contribution is -2.26. The van der Waals surface area contributed by atoms with E-state index >= 15 is 0 Å². The van der Waals surface area contributed by atoms with Gasteiger partial charge in [0.05, 0.1) is 13.2 Å². The first-order valence-electron chi connectivity index (χ1n) is 13.7. The van der Waals surface area contributed by atoms with E-state index in [1.54, 1.807) is 0 Å². The Morgan fingerprint density at radius 3 is 1.41 bits per heavy atom. The zero-order valence-electron chi connectivity index (χ0n) is 23.4. The molecule has 0 aromatic heterocycles. The lowest BCUT2D eigenvalue weighted by Gasteiger charge is -2.30. The molecule has 0 saturated heterocycles. The molecular weight excluding hydrogens is 468 g/mol. The van der Waals surface area contributed by atoms with Gasteiger partial charge in [-0.15, -0.1) is 0 Å². The standard InChI is InChI=1S/C31H44O6/c1-7-34-11-9-13-36-27-17-21-23(15-25(27)32)31(19-29(21,3)4)20-30(5,6)22-18-28(26(33)16-24(22)31)37-14-10-12-35-8-2/h15-18,32-33H,7-14,19-20H2,1-6H3. The molecule has 0 saturated carbocycles. The van der Waals surface area contributed by atoms with Gasteiger partial charge in [0.2, 0.25) is 0 Å². The molecule has 0 aliphatic heterocycles. The van der Waals surface area contributed by atoms with Crippen molar-refractivity contribution in [3.05, 3.63) is 46.5 Å². The molecule has 0 heterocycles. The van der Waals surface area contributed by atoms with Crippen LogP contribution in [0.5, 0.6) is 23.0 Å². The quantitative estimate of drug-likeness (QED) is 0.322. The van der Waals surface area contributed by atoms with Gasteiger partial charge < -0.3 is 29.2 Å². The van der Waals surface area contributed by atoms with Crippen LogP contribution in [0.4, 0.5) is 0 Å². The number of phenolic OH excluding ortho intramolecular Hbond substituents is 2. The van der Waals surface area contributed by atoms with Crippen molar-refractivity contribution in [1.29, 1.82) is 0 Å². The molecule has 6 nitrogen and oxygen atoms in total. The molecule has 0 bridgehead atoms. The number of phenols is 2. The first kappa shape index (κ1) is 27.6. The van der Waals surface area contributed by atoms with E-state index in [-0.39, 0.29) is 27.7 Å². The highest BCUT2D eigenvalue weighted by Gasteiger charge is 2.57. The first-order chi connectivity index (χ1) is 17.6. The van der Waals surface area contributed by atoms with Gasteiger partial charge >= 0.3 is 0 Å². The zero-order valence-corrected chi connectivity index (χ0v) is 23.4. The van der Waals surface area contributed by atoms with Gasteiger partial charge in [-0.25, -0.2) is 0 Å². The third-order valence-electron chi connectivity index (χ3n) is 7.96. The summed E-state index contributed by atoms with van der Waals surface area (Å²) in [5.41, 5.74) is 4.13. The van der Waals surface area contributed by atoms with E-state index in [4.69, 9.17) is 18.9 Å². The van der Waals surface area contributed by atoms with Crippen LogP contribution in [-0.4, -0.2) is 49.9 Å². The Bertz CT molecular complexity index is 1020. The van der Waals surface area contributed by atoms with E-state index in [0.717, 1.165) is 36.8 Å². The topological polar surface area (TPSA) is 77.4 Å². The molecular formula is C31H44O6. The Morgan fingerprint density at radius 2 is 1.03 bits per heavy atom. The average Bonchev–Trinajstić information content (AvgIpc) is 3.18. The number of hydrogen-bond acceptors (Lipinski definition) is 6. The van der Waals surface area contributed by atoms with Crippen molar-refractivity contribution in [2.45, 2.75) is 83.5 Å². The molecule has 2 aliphatic rings. The third kappa shape index (κ3) is 5.28. The van der Waals surface area contributed by atoms with E-state index in [1.807, 2.05) is 38.1 Å².